The number of halogens is 1. The van der Waals surface area contributed by atoms with Crippen LogP contribution in [-0.4, -0.2) is 37.5 Å². The summed E-state index contributed by atoms with van der Waals surface area (Å²) in [5.74, 6) is 3.71. The molecule has 0 aliphatic heterocycles. The number of nitrogens with zero attached hydrogens (tertiary/aromatic N) is 2. The number of hydrogen-bond donors (Lipinski definition) is 1. The van der Waals surface area contributed by atoms with E-state index in [-0.39, 0.29) is 24.0 Å². The molecule has 112 valence electrons. The number of rotatable bonds is 3. The topological polar surface area (TPSA) is 27.6 Å². The Balaban J connectivity index is 0.00000180. The molecule has 2 unspecified atom stereocenters. The summed E-state index contributed by atoms with van der Waals surface area (Å²) in [6.07, 6.45) is 6.90. The van der Waals surface area contributed by atoms with E-state index in [9.17, 15) is 0 Å². The zero-order valence-electron chi connectivity index (χ0n) is 12.9. The molecule has 0 spiro atoms. The third kappa shape index (κ3) is 5.12. The molecule has 3 nitrogen and oxygen atoms in total. The van der Waals surface area contributed by atoms with Crippen LogP contribution in [0.1, 0.15) is 46.0 Å². The first-order chi connectivity index (χ1) is 8.60. The minimum absolute atomic E-state index is 0. The van der Waals surface area contributed by atoms with Crippen molar-refractivity contribution in [1.82, 2.24) is 10.2 Å². The molecule has 2 rings (SSSR count). The standard InChI is InChI=1S/C15H29N3.HI/c1-11-5-7-13(8-6-11)10-18(4)15(16-3)17-14-9-12(14)2;/h11-14H,5-10H2,1-4H3,(H,16,17);1H. The molecule has 0 bridgehead atoms. The molecule has 0 aromatic heterocycles. The summed E-state index contributed by atoms with van der Waals surface area (Å²) in [5, 5.41) is 3.56. The van der Waals surface area contributed by atoms with Crippen LogP contribution in [0.25, 0.3) is 0 Å². The highest BCUT2D eigenvalue weighted by Crippen LogP contribution is 2.30. The molecule has 0 radical (unpaired) electrons. The predicted octanol–water partition coefficient (Wildman–Crippen LogP) is 3.35. The van der Waals surface area contributed by atoms with E-state index in [1.54, 1.807) is 0 Å². The van der Waals surface area contributed by atoms with Gasteiger partial charge in [-0.2, -0.15) is 0 Å². The first-order valence-electron chi connectivity index (χ1n) is 7.54. The van der Waals surface area contributed by atoms with Crippen molar-refractivity contribution >= 4 is 29.9 Å². The average molecular weight is 379 g/mol. The number of guanidine groups is 1. The number of aliphatic imine (C=N–C) groups is 1. The molecule has 2 aliphatic carbocycles. The molecule has 0 aromatic carbocycles. The van der Waals surface area contributed by atoms with Crippen molar-refractivity contribution in [1.29, 1.82) is 0 Å². The Hall–Kier alpha value is 0. The van der Waals surface area contributed by atoms with Gasteiger partial charge < -0.3 is 10.2 Å². The molecular formula is C15H30IN3. The molecular weight excluding hydrogens is 349 g/mol. The third-order valence-corrected chi connectivity index (χ3v) is 4.66. The van der Waals surface area contributed by atoms with E-state index in [1.807, 2.05) is 7.05 Å². The van der Waals surface area contributed by atoms with Crippen LogP contribution < -0.4 is 5.32 Å². The molecule has 2 saturated carbocycles. The third-order valence-electron chi connectivity index (χ3n) is 4.66. The maximum absolute atomic E-state index is 4.41. The Morgan fingerprint density at radius 3 is 2.26 bits per heavy atom. The lowest BCUT2D eigenvalue weighted by Crippen LogP contribution is -2.43. The van der Waals surface area contributed by atoms with Crippen LogP contribution in [0.15, 0.2) is 4.99 Å². The fourth-order valence-corrected chi connectivity index (χ4v) is 3.02. The van der Waals surface area contributed by atoms with Crippen molar-refractivity contribution < 1.29 is 0 Å². The van der Waals surface area contributed by atoms with E-state index in [2.05, 4.69) is 36.1 Å². The van der Waals surface area contributed by atoms with Gasteiger partial charge in [0, 0.05) is 26.7 Å². The Labute approximate surface area is 135 Å². The SMILES string of the molecule is CN=C(NC1CC1C)N(C)CC1CCC(C)CC1.I. The smallest absolute Gasteiger partial charge is 0.193 e. The van der Waals surface area contributed by atoms with Gasteiger partial charge >= 0.3 is 0 Å². The Kier molecular flexibility index (Phi) is 6.91. The molecule has 4 heteroatoms. The van der Waals surface area contributed by atoms with Crippen LogP contribution in [-0.2, 0) is 0 Å². The van der Waals surface area contributed by atoms with Crippen LogP contribution in [0.3, 0.4) is 0 Å². The lowest BCUT2D eigenvalue weighted by molar-refractivity contribution is 0.250. The van der Waals surface area contributed by atoms with Gasteiger partial charge in [0.25, 0.3) is 0 Å². The van der Waals surface area contributed by atoms with Crippen molar-refractivity contribution in [2.45, 2.75) is 52.0 Å². The first kappa shape index (κ1) is 17.1. The van der Waals surface area contributed by atoms with E-state index >= 15 is 0 Å². The first-order valence-corrected chi connectivity index (χ1v) is 7.54. The normalized spacial score (nSPS) is 34.4. The summed E-state index contributed by atoms with van der Waals surface area (Å²) < 4.78 is 0. The van der Waals surface area contributed by atoms with Gasteiger partial charge in [-0.15, -0.1) is 24.0 Å². The predicted molar refractivity (Wildman–Crippen MR) is 93.2 cm³/mol. The van der Waals surface area contributed by atoms with Crippen LogP contribution in [0.4, 0.5) is 0 Å². The van der Waals surface area contributed by atoms with Gasteiger partial charge in [0.1, 0.15) is 0 Å². The minimum atomic E-state index is 0. The zero-order chi connectivity index (χ0) is 13.1. The van der Waals surface area contributed by atoms with Crippen molar-refractivity contribution in [3.8, 4) is 0 Å². The molecule has 0 amide bonds. The Morgan fingerprint density at radius 1 is 1.21 bits per heavy atom. The van der Waals surface area contributed by atoms with E-state index in [4.69, 9.17) is 0 Å². The highest BCUT2D eigenvalue weighted by molar-refractivity contribution is 14.0. The maximum Gasteiger partial charge on any atom is 0.193 e. The monoisotopic (exact) mass is 379 g/mol. The maximum atomic E-state index is 4.41. The molecule has 0 aromatic rings. The molecule has 2 fully saturated rings. The van der Waals surface area contributed by atoms with Crippen LogP contribution in [0.2, 0.25) is 0 Å². The van der Waals surface area contributed by atoms with E-state index in [0.29, 0.717) is 6.04 Å². The van der Waals surface area contributed by atoms with Gasteiger partial charge in [0.2, 0.25) is 0 Å². The number of hydrogen-bond acceptors (Lipinski definition) is 1. The van der Waals surface area contributed by atoms with E-state index in [0.717, 1.165) is 30.3 Å². The van der Waals surface area contributed by atoms with E-state index in [1.165, 1.54) is 32.1 Å². The molecule has 0 heterocycles. The lowest BCUT2D eigenvalue weighted by Gasteiger charge is -2.31. The van der Waals surface area contributed by atoms with Gasteiger partial charge in [0.05, 0.1) is 0 Å². The van der Waals surface area contributed by atoms with Gasteiger partial charge in [-0.1, -0.05) is 26.7 Å². The fourth-order valence-electron chi connectivity index (χ4n) is 3.02. The summed E-state index contributed by atoms with van der Waals surface area (Å²) in [4.78, 5) is 6.74. The van der Waals surface area contributed by atoms with Crippen molar-refractivity contribution in [3.63, 3.8) is 0 Å². The van der Waals surface area contributed by atoms with E-state index < -0.39 is 0 Å². The zero-order valence-corrected chi connectivity index (χ0v) is 15.2. The Morgan fingerprint density at radius 2 is 1.79 bits per heavy atom. The van der Waals surface area contributed by atoms with Crippen molar-refractivity contribution in [3.05, 3.63) is 0 Å². The summed E-state index contributed by atoms with van der Waals surface area (Å²) in [5.41, 5.74) is 0. The summed E-state index contributed by atoms with van der Waals surface area (Å²) in [6, 6.07) is 0.664. The minimum Gasteiger partial charge on any atom is -0.353 e. The highest BCUT2D eigenvalue weighted by atomic mass is 127. The summed E-state index contributed by atoms with van der Waals surface area (Å²) >= 11 is 0. The number of nitrogens with one attached hydrogen (secondary N) is 1. The largest absolute Gasteiger partial charge is 0.353 e. The second-order valence-corrected chi connectivity index (χ2v) is 6.52. The molecule has 19 heavy (non-hydrogen) atoms. The summed E-state index contributed by atoms with van der Waals surface area (Å²) in [6.45, 7) is 5.84. The van der Waals surface area contributed by atoms with Gasteiger partial charge in [-0.3, -0.25) is 4.99 Å². The van der Waals surface area contributed by atoms with Crippen LogP contribution >= 0.6 is 24.0 Å². The highest BCUT2D eigenvalue weighted by Gasteiger charge is 2.34. The fraction of sp³-hybridized carbons (Fsp3) is 0.933. The molecule has 0 saturated heterocycles. The van der Waals surface area contributed by atoms with Crippen molar-refractivity contribution in [2.75, 3.05) is 20.6 Å². The molecule has 1 N–H and O–H groups in total. The van der Waals surface area contributed by atoms with Gasteiger partial charge in [-0.25, -0.2) is 0 Å². The molecule has 2 aliphatic rings. The van der Waals surface area contributed by atoms with Gasteiger partial charge in [-0.05, 0) is 37.0 Å². The Bertz CT molecular complexity index is 298. The second kappa shape index (κ2) is 7.70. The summed E-state index contributed by atoms with van der Waals surface area (Å²) in [7, 11) is 4.08. The average Bonchev–Trinajstić information content (AvgIpc) is 3.05. The van der Waals surface area contributed by atoms with Crippen LogP contribution in [0.5, 0.6) is 0 Å². The van der Waals surface area contributed by atoms with Crippen molar-refractivity contribution in [2.24, 2.45) is 22.7 Å². The molecule has 2 atom stereocenters. The lowest BCUT2D eigenvalue weighted by atomic mass is 9.83. The quantitative estimate of drug-likeness (QED) is 0.463. The second-order valence-electron chi connectivity index (χ2n) is 6.52. The van der Waals surface area contributed by atoms with Crippen LogP contribution in [0, 0.1) is 17.8 Å². The van der Waals surface area contributed by atoms with Gasteiger partial charge in [0.15, 0.2) is 5.96 Å².